The molecule has 0 bridgehead atoms. The fraction of sp³-hybridized carbons (Fsp3) is 0.269. The molecule has 1 fully saturated rings. The molecule has 172 valence electrons. The quantitative estimate of drug-likeness (QED) is 0.389. The lowest BCUT2D eigenvalue weighted by Crippen LogP contribution is -2.16. The van der Waals surface area contributed by atoms with E-state index in [0.29, 0.717) is 5.75 Å². The molecule has 0 radical (unpaired) electrons. The molecule has 0 heterocycles. The molecule has 0 spiro atoms. The molecule has 4 rings (SSSR count). The zero-order chi connectivity index (χ0) is 23.6. The molecule has 0 unspecified atom stereocenters. The Morgan fingerprint density at radius 2 is 1.55 bits per heavy atom. The van der Waals surface area contributed by atoms with Gasteiger partial charge in [-0.2, -0.15) is 0 Å². The van der Waals surface area contributed by atoms with Crippen LogP contribution in [0.5, 0.6) is 5.75 Å². The molecular weight excluding hydrogens is 463 g/mol. The van der Waals surface area contributed by atoms with Crippen molar-refractivity contribution < 1.29 is 22.3 Å². The van der Waals surface area contributed by atoms with Gasteiger partial charge < -0.3 is 4.74 Å². The van der Waals surface area contributed by atoms with Crippen molar-refractivity contribution in [2.75, 3.05) is 5.75 Å². The Balaban J connectivity index is 1.36. The highest BCUT2D eigenvalue weighted by Crippen LogP contribution is 2.49. The summed E-state index contributed by atoms with van der Waals surface area (Å²) in [6.07, 6.45) is 2.10. The Morgan fingerprint density at radius 3 is 2.06 bits per heavy atom. The van der Waals surface area contributed by atoms with Crippen LogP contribution in [0.4, 0.5) is 4.39 Å². The van der Waals surface area contributed by atoms with E-state index in [4.69, 9.17) is 16.3 Å². The number of sulfone groups is 1. The van der Waals surface area contributed by atoms with Crippen molar-refractivity contribution in [3.8, 4) is 5.75 Å². The summed E-state index contributed by atoms with van der Waals surface area (Å²) < 4.78 is 43.8. The third kappa shape index (κ3) is 5.45. The first-order valence-electron chi connectivity index (χ1n) is 10.8. The molecule has 1 aliphatic rings. The number of carbonyl (C=O) groups is 1. The van der Waals surface area contributed by atoms with Crippen molar-refractivity contribution in [1.82, 2.24) is 0 Å². The number of Topliss-reactive ketones (excluding diaryl/α,β-unsaturated/α-hetero) is 1. The van der Waals surface area contributed by atoms with E-state index in [1.54, 1.807) is 43.3 Å². The fourth-order valence-electron chi connectivity index (χ4n) is 3.74. The van der Waals surface area contributed by atoms with E-state index in [0.717, 1.165) is 29.5 Å². The Labute approximate surface area is 198 Å². The maximum atomic E-state index is 13.8. The van der Waals surface area contributed by atoms with Crippen LogP contribution in [0.2, 0.25) is 5.02 Å². The number of halogens is 2. The van der Waals surface area contributed by atoms with Gasteiger partial charge in [-0.3, -0.25) is 4.79 Å². The summed E-state index contributed by atoms with van der Waals surface area (Å²) in [6.45, 7) is 1.60. The van der Waals surface area contributed by atoms with Gasteiger partial charge in [0.05, 0.1) is 15.7 Å². The number of benzene rings is 3. The van der Waals surface area contributed by atoms with Crippen molar-refractivity contribution in [3.05, 3.63) is 94.3 Å². The van der Waals surface area contributed by atoms with Crippen LogP contribution in [0.15, 0.2) is 71.6 Å². The third-order valence-corrected chi connectivity index (χ3v) is 7.91. The number of ketones is 1. The van der Waals surface area contributed by atoms with Crippen LogP contribution in [0.3, 0.4) is 0 Å². The largest absolute Gasteiger partial charge is 0.483 e. The van der Waals surface area contributed by atoms with Gasteiger partial charge in [0.1, 0.15) is 23.0 Å². The summed E-state index contributed by atoms with van der Waals surface area (Å²) >= 11 is 5.78. The van der Waals surface area contributed by atoms with E-state index in [-0.39, 0.29) is 34.3 Å². The predicted octanol–water partition coefficient (Wildman–Crippen LogP) is 5.70. The van der Waals surface area contributed by atoms with Crippen molar-refractivity contribution >= 4 is 27.2 Å². The Kier molecular flexibility index (Phi) is 6.59. The van der Waals surface area contributed by atoms with Gasteiger partial charge in [0.15, 0.2) is 9.84 Å². The molecule has 33 heavy (non-hydrogen) atoms. The zero-order valence-corrected chi connectivity index (χ0v) is 19.8. The molecule has 1 saturated carbocycles. The number of hydrogen-bond donors (Lipinski definition) is 0. The van der Waals surface area contributed by atoms with Crippen LogP contribution in [0, 0.1) is 5.82 Å². The van der Waals surface area contributed by atoms with Gasteiger partial charge in [-0.25, -0.2) is 12.8 Å². The highest BCUT2D eigenvalue weighted by Gasteiger charge is 2.47. The van der Waals surface area contributed by atoms with Crippen molar-refractivity contribution in [3.63, 3.8) is 0 Å². The summed E-state index contributed by atoms with van der Waals surface area (Å²) in [7, 11) is -3.25. The van der Waals surface area contributed by atoms with E-state index in [1.807, 2.05) is 24.3 Å². The van der Waals surface area contributed by atoms with Crippen LogP contribution in [0.1, 0.15) is 36.5 Å². The first-order chi connectivity index (χ1) is 15.7. The zero-order valence-electron chi connectivity index (χ0n) is 18.2. The molecule has 3 aromatic rings. The molecule has 0 amide bonds. The lowest BCUT2D eigenvalue weighted by atomic mass is 10.0. The number of hydrogen-bond acceptors (Lipinski definition) is 4. The van der Waals surface area contributed by atoms with Crippen LogP contribution in [-0.4, -0.2) is 20.0 Å². The van der Waals surface area contributed by atoms with Gasteiger partial charge in [-0.05, 0) is 65.9 Å². The predicted molar refractivity (Wildman–Crippen MR) is 126 cm³/mol. The monoisotopic (exact) mass is 486 g/mol. The second kappa shape index (κ2) is 9.27. The van der Waals surface area contributed by atoms with Crippen molar-refractivity contribution in [2.24, 2.45) is 0 Å². The first kappa shape index (κ1) is 23.5. The highest BCUT2D eigenvalue weighted by atomic mass is 35.5. The SMILES string of the molecule is CCS(=O)(=O)c1ccc(CC(=O)Cc2ccc(OC3(c4ccc(Cl)c(F)c4)CC3)cc2)cc1. The first-order valence-corrected chi connectivity index (χ1v) is 12.8. The van der Waals surface area contributed by atoms with Gasteiger partial charge in [-0.15, -0.1) is 0 Å². The average Bonchev–Trinajstić information content (AvgIpc) is 3.58. The normalized spacial score (nSPS) is 14.6. The summed E-state index contributed by atoms with van der Waals surface area (Å²) in [4.78, 5) is 12.8. The third-order valence-electron chi connectivity index (χ3n) is 5.85. The number of rotatable bonds is 9. The molecule has 4 nitrogen and oxygen atoms in total. The molecular formula is C26H24ClFO4S. The van der Waals surface area contributed by atoms with Crippen LogP contribution in [0.25, 0.3) is 0 Å². The minimum atomic E-state index is -3.25. The molecule has 0 saturated heterocycles. The Hall–Kier alpha value is -2.70. The topological polar surface area (TPSA) is 60.4 Å². The second-order valence-corrected chi connectivity index (χ2v) is 11.0. The lowest BCUT2D eigenvalue weighted by Gasteiger charge is -2.19. The smallest absolute Gasteiger partial charge is 0.178 e. The van der Waals surface area contributed by atoms with Gasteiger partial charge in [0, 0.05) is 12.8 Å². The van der Waals surface area contributed by atoms with Gasteiger partial charge in [0.25, 0.3) is 0 Å². The lowest BCUT2D eigenvalue weighted by molar-refractivity contribution is -0.117. The summed E-state index contributed by atoms with van der Waals surface area (Å²) in [5.41, 5.74) is 1.88. The maximum absolute atomic E-state index is 13.8. The minimum Gasteiger partial charge on any atom is -0.483 e. The van der Waals surface area contributed by atoms with E-state index >= 15 is 0 Å². The van der Waals surface area contributed by atoms with Crippen LogP contribution < -0.4 is 4.74 Å². The summed E-state index contributed by atoms with van der Waals surface area (Å²) in [6, 6.07) is 18.6. The standard InChI is InChI=1S/C26H24ClFO4S/c1-2-33(30,31)23-10-5-19(6-11-23)16-21(29)15-18-3-8-22(9-4-18)32-26(13-14-26)20-7-12-24(27)25(28)17-20/h3-12,17H,2,13-16H2,1H3. The molecule has 1 aliphatic carbocycles. The maximum Gasteiger partial charge on any atom is 0.178 e. The molecule has 7 heteroatoms. The Morgan fingerprint density at radius 1 is 0.970 bits per heavy atom. The van der Waals surface area contributed by atoms with Crippen LogP contribution >= 0.6 is 11.6 Å². The van der Waals surface area contributed by atoms with E-state index in [9.17, 15) is 17.6 Å². The Bertz CT molecular complexity index is 1260. The molecule has 0 atom stereocenters. The summed E-state index contributed by atoms with van der Waals surface area (Å²) in [5, 5.41) is 0.0884. The highest BCUT2D eigenvalue weighted by molar-refractivity contribution is 7.91. The van der Waals surface area contributed by atoms with Crippen LogP contribution in [-0.2, 0) is 33.1 Å². The molecule has 0 aromatic heterocycles. The average molecular weight is 487 g/mol. The molecule has 0 N–H and O–H groups in total. The van der Waals surface area contributed by atoms with Gasteiger partial charge in [0.2, 0.25) is 0 Å². The van der Waals surface area contributed by atoms with Crippen molar-refractivity contribution in [2.45, 2.75) is 43.1 Å². The molecule has 0 aliphatic heterocycles. The number of carbonyl (C=O) groups excluding carboxylic acids is 1. The molecule has 3 aromatic carbocycles. The van der Waals surface area contributed by atoms with Gasteiger partial charge in [-0.1, -0.05) is 48.9 Å². The number of ether oxygens (including phenoxy) is 1. The summed E-state index contributed by atoms with van der Waals surface area (Å²) in [5.74, 6) is 0.277. The van der Waals surface area contributed by atoms with E-state index in [1.165, 1.54) is 6.07 Å². The fourth-order valence-corrected chi connectivity index (χ4v) is 4.74. The second-order valence-electron chi connectivity index (χ2n) is 8.31. The van der Waals surface area contributed by atoms with Gasteiger partial charge >= 0.3 is 0 Å². The van der Waals surface area contributed by atoms with Crippen molar-refractivity contribution in [1.29, 1.82) is 0 Å². The minimum absolute atomic E-state index is 0.0325. The van der Waals surface area contributed by atoms with E-state index in [2.05, 4.69) is 0 Å². The van der Waals surface area contributed by atoms with E-state index < -0.39 is 21.3 Å².